The quantitative estimate of drug-likeness (QED) is 0.607. The van der Waals surface area contributed by atoms with Gasteiger partial charge in [0, 0.05) is 31.2 Å². The summed E-state index contributed by atoms with van der Waals surface area (Å²) in [7, 11) is 1.85. The monoisotopic (exact) mass is 365 g/mol. The zero-order valence-electron chi connectivity index (χ0n) is 17.2. The molecule has 27 heavy (non-hydrogen) atoms. The predicted octanol–water partition coefficient (Wildman–Crippen LogP) is 4.46. The molecule has 1 aromatic heterocycles. The molecule has 1 aromatic carbocycles. The molecular formula is C22H31N5. The van der Waals surface area contributed by atoms with E-state index in [0.29, 0.717) is 6.04 Å². The fraction of sp³-hybridized carbons (Fsp3) is 0.409. The van der Waals surface area contributed by atoms with Gasteiger partial charge >= 0.3 is 0 Å². The summed E-state index contributed by atoms with van der Waals surface area (Å²) >= 11 is 0. The fourth-order valence-electron chi connectivity index (χ4n) is 3.89. The Kier molecular flexibility index (Phi) is 5.31. The van der Waals surface area contributed by atoms with Gasteiger partial charge in [-0.2, -0.15) is 0 Å². The highest BCUT2D eigenvalue weighted by atomic mass is 15.5. The molecule has 0 fully saturated rings. The summed E-state index contributed by atoms with van der Waals surface area (Å²) in [6, 6.07) is 13.2. The molecule has 0 radical (unpaired) electrons. The zero-order chi connectivity index (χ0) is 19.6. The van der Waals surface area contributed by atoms with Gasteiger partial charge in [0.25, 0.3) is 0 Å². The zero-order valence-corrected chi connectivity index (χ0v) is 17.2. The third-order valence-corrected chi connectivity index (χ3v) is 5.15. The van der Waals surface area contributed by atoms with Crippen molar-refractivity contribution in [2.75, 3.05) is 16.8 Å². The van der Waals surface area contributed by atoms with Crippen molar-refractivity contribution in [3.63, 3.8) is 0 Å². The summed E-state index contributed by atoms with van der Waals surface area (Å²) < 4.78 is 0. The van der Waals surface area contributed by atoms with Crippen LogP contribution in [-0.2, 0) is 5.54 Å². The van der Waals surface area contributed by atoms with Crippen LogP contribution in [0.25, 0.3) is 0 Å². The lowest BCUT2D eigenvalue weighted by atomic mass is 9.97. The van der Waals surface area contributed by atoms with Gasteiger partial charge in [0.05, 0.1) is 16.9 Å². The number of anilines is 2. The number of benzene rings is 1. The summed E-state index contributed by atoms with van der Waals surface area (Å²) in [4.78, 5) is 12.7. The van der Waals surface area contributed by atoms with Crippen LogP contribution >= 0.6 is 0 Å². The first-order chi connectivity index (χ1) is 12.9. The number of hydrogen-bond acceptors (Lipinski definition) is 3. The molecule has 1 atom stereocenters. The molecule has 0 aliphatic carbocycles. The van der Waals surface area contributed by atoms with Crippen molar-refractivity contribution >= 4 is 17.2 Å². The van der Waals surface area contributed by atoms with Gasteiger partial charge < -0.3 is 20.1 Å². The summed E-state index contributed by atoms with van der Waals surface area (Å²) in [5, 5.41) is 3.33. The number of amidine groups is 1. The molecule has 0 unspecified atom stereocenters. The van der Waals surface area contributed by atoms with Gasteiger partial charge in [-0.1, -0.05) is 12.1 Å². The van der Waals surface area contributed by atoms with Crippen molar-refractivity contribution in [3.8, 4) is 0 Å². The Morgan fingerprint density at radius 1 is 1.19 bits per heavy atom. The Morgan fingerprint density at radius 2 is 1.89 bits per heavy atom. The first-order valence-corrected chi connectivity index (χ1v) is 9.58. The maximum Gasteiger partial charge on any atom is 0.130 e. The molecule has 0 amide bonds. The number of nitrogens with zero attached hydrogens (tertiary/aromatic N) is 3. The van der Waals surface area contributed by atoms with Crippen LogP contribution in [0.4, 0.5) is 11.4 Å². The molecule has 0 spiro atoms. The van der Waals surface area contributed by atoms with E-state index in [2.05, 4.69) is 102 Å². The van der Waals surface area contributed by atoms with E-state index in [9.17, 15) is 0 Å². The molecule has 5 heteroatoms. The first-order valence-electron chi connectivity index (χ1n) is 9.58. The van der Waals surface area contributed by atoms with E-state index < -0.39 is 0 Å². The highest BCUT2D eigenvalue weighted by Gasteiger charge is 2.43. The number of fused-ring (bicyclic) bond motifs is 1. The lowest BCUT2D eigenvalue weighted by molar-refractivity contribution is 0.441. The van der Waals surface area contributed by atoms with Crippen LogP contribution in [0.15, 0.2) is 59.9 Å². The maximum atomic E-state index is 4.58. The van der Waals surface area contributed by atoms with E-state index in [1.54, 1.807) is 0 Å². The highest BCUT2D eigenvalue weighted by Crippen LogP contribution is 2.46. The average Bonchev–Trinajstić information content (AvgIpc) is 3.25. The van der Waals surface area contributed by atoms with Crippen molar-refractivity contribution in [1.29, 1.82) is 0 Å². The predicted molar refractivity (Wildman–Crippen MR) is 115 cm³/mol. The van der Waals surface area contributed by atoms with Crippen molar-refractivity contribution in [3.05, 3.63) is 60.6 Å². The van der Waals surface area contributed by atoms with Crippen molar-refractivity contribution < 1.29 is 0 Å². The van der Waals surface area contributed by atoms with Gasteiger partial charge in [0.2, 0.25) is 0 Å². The number of H-pyrrole nitrogens is 1. The van der Waals surface area contributed by atoms with E-state index in [1.165, 1.54) is 17.1 Å². The fourth-order valence-corrected chi connectivity index (χ4v) is 3.89. The topological polar surface area (TPSA) is 46.7 Å². The second kappa shape index (κ2) is 7.51. The minimum absolute atomic E-state index is 0.128. The average molecular weight is 366 g/mol. The minimum atomic E-state index is -0.188. The third-order valence-electron chi connectivity index (χ3n) is 5.15. The second-order valence-corrected chi connectivity index (χ2v) is 7.74. The molecule has 1 aliphatic heterocycles. The van der Waals surface area contributed by atoms with Crippen LogP contribution < -0.4 is 15.1 Å². The molecule has 2 heterocycles. The van der Waals surface area contributed by atoms with Gasteiger partial charge in [0.15, 0.2) is 0 Å². The van der Waals surface area contributed by atoms with E-state index in [4.69, 9.17) is 0 Å². The number of rotatable bonds is 5. The molecule has 0 saturated heterocycles. The molecule has 0 saturated carbocycles. The number of para-hydroxylation sites is 2. The summed E-state index contributed by atoms with van der Waals surface area (Å²) in [5.41, 5.74) is 3.40. The van der Waals surface area contributed by atoms with Crippen LogP contribution in [0.3, 0.4) is 0 Å². The molecule has 2 N–H and O–H groups in total. The van der Waals surface area contributed by atoms with Gasteiger partial charge in [-0.15, -0.1) is 0 Å². The number of aromatic amines is 1. The van der Waals surface area contributed by atoms with Gasteiger partial charge in [0.1, 0.15) is 12.0 Å². The second-order valence-electron chi connectivity index (χ2n) is 7.74. The number of hydrogen-bond donors (Lipinski definition) is 2. The van der Waals surface area contributed by atoms with Crippen molar-refractivity contribution in [2.45, 2.75) is 52.4 Å². The van der Waals surface area contributed by atoms with Crippen molar-refractivity contribution in [1.82, 2.24) is 10.3 Å². The van der Waals surface area contributed by atoms with E-state index in [1.807, 2.05) is 19.4 Å². The summed E-state index contributed by atoms with van der Waals surface area (Å²) in [6.07, 6.45) is 6.16. The standard InChI is InChI=1S/C22H31N5/c1-16(2)24-15-13-21(23-6)26-17(3)27(19-11-8-7-10-18(19)26)22(4,5)20-12-9-14-25-20/h7-17,24-25H,1-6H3/b15-13-,23-21-/t17-/m1/s1. The number of aromatic nitrogens is 1. The van der Waals surface area contributed by atoms with Crippen molar-refractivity contribution in [2.24, 2.45) is 4.99 Å². The lowest BCUT2D eigenvalue weighted by Gasteiger charge is -2.41. The van der Waals surface area contributed by atoms with Crippen LogP contribution in [0.1, 0.15) is 40.3 Å². The molecular weight excluding hydrogens is 334 g/mol. The summed E-state index contributed by atoms with van der Waals surface area (Å²) in [6.45, 7) is 11.0. The Balaban J connectivity index is 2.02. The SMILES string of the molecule is C/N=C(/C=C\NC(C)C)N1c2ccccc2N(C(C)(C)c2ccc[nH]2)[C@@H]1C. The van der Waals surface area contributed by atoms with E-state index >= 15 is 0 Å². The van der Waals surface area contributed by atoms with Crippen LogP contribution in [0.2, 0.25) is 0 Å². The smallest absolute Gasteiger partial charge is 0.130 e. The molecule has 3 rings (SSSR count). The number of aliphatic imine (C=N–C) groups is 1. The normalized spacial score (nSPS) is 17.9. The van der Waals surface area contributed by atoms with Crippen LogP contribution in [0.5, 0.6) is 0 Å². The van der Waals surface area contributed by atoms with Crippen LogP contribution in [0, 0.1) is 0 Å². The summed E-state index contributed by atoms with van der Waals surface area (Å²) in [5.74, 6) is 0.938. The molecule has 2 aromatic rings. The minimum Gasteiger partial charge on any atom is -0.389 e. The Labute approximate surface area is 162 Å². The highest BCUT2D eigenvalue weighted by molar-refractivity contribution is 6.10. The third kappa shape index (κ3) is 3.46. The Hall–Kier alpha value is -2.69. The van der Waals surface area contributed by atoms with E-state index in [-0.39, 0.29) is 11.7 Å². The molecule has 1 aliphatic rings. The Morgan fingerprint density at radius 3 is 2.48 bits per heavy atom. The van der Waals surface area contributed by atoms with Gasteiger partial charge in [-0.3, -0.25) is 4.99 Å². The number of nitrogens with one attached hydrogen (secondary N) is 2. The molecule has 5 nitrogen and oxygen atoms in total. The van der Waals surface area contributed by atoms with Crippen LogP contribution in [-0.4, -0.2) is 30.1 Å². The largest absolute Gasteiger partial charge is 0.389 e. The maximum absolute atomic E-state index is 4.58. The molecule has 0 bridgehead atoms. The van der Waals surface area contributed by atoms with Gasteiger partial charge in [-0.05, 0) is 65.0 Å². The molecule has 144 valence electrons. The Bertz CT molecular complexity index is 817. The van der Waals surface area contributed by atoms with Gasteiger partial charge in [-0.25, -0.2) is 0 Å². The lowest BCUT2D eigenvalue weighted by Crippen LogP contribution is -2.51. The van der Waals surface area contributed by atoms with E-state index in [0.717, 1.165) is 5.84 Å². The first kappa shape index (κ1) is 19.1.